The van der Waals surface area contributed by atoms with Gasteiger partial charge in [-0.05, 0) is 32.7 Å². The Hall–Kier alpha value is -0.870. The summed E-state index contributed by atoms with van der Waals surface area (Å²) in [6, 6.07) is 0.342. The normalized spacial score (nSPS) is 20.4. The van der Waals surface area contributed by atoms with Crippen molar-refractivity contribution in [2.45, 2.75) is 37.3 Å². The van der Waals surface area contributed by atoms with Gasteiger partial charge in [-0.3, -0.25) is 4.68 Å². The minimum atomic E-state index is 0.101. The molecule has 1 aliphatic carbocycles. The summed E-state index contributed by atoms with van der Waals surface area (Å²) in [6.07, 6.45) is 8.69. The number of aryl methyl sites for hydroxylation is 1. The molecule has 4 nitrogen and oxygen atoms in total. The molecule has 4 heteroatoms. The van der Waals surface area contributed by atoms with E-state index in [0.717, 1.165) is 6.42 Å². The van der Waals surface area contributed by atoms with E-state index < -0.39 is 0 Å². The Labute approximate surface area is 97.0 Å². The molecule has 0 saturated heterocycles. The van der Waals surface area contributed by atoms with Crippen molar-refractivity contribution in [1.82, 2.24) is 15.1 Å². The van der Waals surface area contributed by atoms with E-state index in [2.05, 4.69) is 16.6 Å². The first-order valence-electron chi connectivity index (χ1n) is 5.90. The monoisotopic (exact) mass is 223 g/mol. The van der Waals surface area contributed by atoms with E-state index in [9.17, 15) is 0 Å². The van der Waals surface area contributed by atoms with Crippen LogP contribution in [-0.2, 0) is 11.8 Å². The van der Waals surface area contributed by atoms with Gasteiger partial charge in [0, 0.05) is 32.0 Å². The van der Waals surface area contributed by atoms with Crippen LogP contribution < -0.4 is 5.32 Å². The second kappa shape index (κ2) is 4.55. The van der Waals surface area contributed by atoms with Crippen LogP contribution in [0.4, 0.5) is 0 Å². The first-order valence-corrected chi connectivity index (χ1v) is 5.90. The van der Waals surface area contributed by atoms with Gasteiger partial charge in [-0.25, -0.2) is 0 Å². The highest BCUT2D eigenvalue weighted by atomic mass is 16.5. The Balaban J connectivity index is 2.05. The van der Waals surface area contributed by atoms with Gasteiger partial charge in [0.15, 0.2) is 0 Å². The van der Waals surface area contributed by atoms with Crippen molar-refractivity contribution in [3.63, 3.8) is 0 Å². The minimum absolute atomic E-state index is 0.101. The van der Waals surface area contributed by atoms with Gasteiger partial charge in [0.1, 0.15) is 0 Å². The number of rotatable bonds is 5. The van der Waals surface area contributed by atoms with Crippen LogP contribution in [0, 0.1) is 0 Å². The molecule has 1 aromatic rings. The molecule has 1 atom stereocenters. The predicted molar refractivity (Wildman–Crippen MR) is 63.2 cm³/mol. The fourth-order valence-electron chi connectivity index (χ4n) is 2.44. The van der Waals surface area contributed by atoms with E-state index in [0.29, 0.717) is 6.04 Å². The Kier molecular flexibility index (Phi) is 3.30. The summed E-state index contributed by atoms with van der Waals surface area (Å²) in [5.41, 5.74) is 1.34. The van der Waals surface area contributed by atoms with Gasteiger partial charge in [-0.1, -0.05) is 0 Å². The van der Waals surface area contributed by atoms with Crippen LogP contribution >= 0.6 is 0 Å². The average Bonchev–Trinajstić information content (AvgIpc) is 2.65. The third-order valence-electron chi connectivity index (χ3n) is 3.75. The first kappa shape index (κ1) is 11.6. The fraction of sp³-hybridized carbons (Fsp3) is 0.750. The molecule has 1 unspecified atom stereocenters. The molecule has 90 valence electrons. The zero-order valence-electron chi connectivity index (χ0n) is 10.4. The fourth-order valence-corrected chi connectivity index (χ4v) is 2.44. The number of hydrogen-bond donors (Lipinski definition) is 1. The van der Waals surface area contributed by atoms with Crippen molar-refractivity contribution in [3.8, 4) is 0 Å². The summed E-state index contributed by atoms with van der Waals surface area (Å²) >= 11 is 0. The van der Waals surface area contributed by atoms with Crippen LogP contribution in [0.3, 0.4) is 0 Å². The lowest BCUT2D eigenvalue weighted by Gasteiger charge is -2.42. The van der Waals surface area contributed by atoms with E-state index in [1.165, 1.54) is 24.8 Å². The third-order valence-corrected chi connectivity index (χ3v) is 3.75. The number of nitrogens with one attached hydrogen (secondary N) is 1. The van der Waals surface area contributed by atoms with Crippen molar-refractivity contribution < 1.29 is 4.74 Å². The van der Waals surface area contributed by atoms with Gasteiger partial charge in [0.2, 0.25) is 0 Å². The van der Waals surface area contributed by atoms with Gasteiger partial charge in [0.05, 0.1) is 11.8 Å². The Morgan fingerprint density at radius 2 is 2.38 bits per heavy atom. The predicted octanol–water partition coefficient (Wildman–Crippen LogP) is 1.64. The molecule has 1 fully saturated rings. The third kappa shape index (κ3) is 2.13. The quantitative estimate of drug-likeness (QED) is 0.825. The standard InChI is InChI=1S/C12H21N3O/c1-13-11(10-8-14-15(2)9-10)7-12(16-3)5-4-6-12/h8-9,11,13H,4-7H2,1-3H3. The average molecular weight is 223 g/mol. The highest BCUT2D eigenvalue weighted by Gasteiger charge is 2.39. The second-order valence-electron chi connectivity index (χ2n) is 4.73. The van der Waals surface area contributed by atoms with Crippen molar-refractivity contribution >= 4 is 0 Å². The summed E-state index contributed by atoms with van der Waals surface area (Å²) in [4.78, 5) is 0. The molecule has 0 aromatic carbocycles. The number of ether oxygens (including phenoxy) is 1. The minimum Gasteiger partial charge on any atom is -0.378 e. The molecular formula is C12H21N3O. The lowest BCUT2D eigenvalue weighted by molar-refractivity contribution is -0.0834. The topological polar surface area (TPSA) is 39.1 Å². The lowest BCUT2D eigenvalue weighted by Crippen LogP contribution is -2.42. The maximum atomic E-state index is 5.67. The van der Waals surface area contributed by atoms with Gasteiger partial charge < -0.3 is 10.1 Å². The first-order chi connectivity index (χ1) is 7.69. The summed E-state index contributed by atoms with van der Waals surface area (Å²) in [5, 5.41) is 7.58. The van der Waals surface area contributed by atoms with Gasteiger partial charge >= 0.3 is 0 Å². The summed E-state index contributed by atoms with van der Waals surface area (Å²) in [7, 11) is 5.78. The molecule has 1 saturated carbocycles. The molecular weight excluding hydrogens is 202 g/mol. The van der Waals surface area contributed by atoms with Crippen LogP contribution in [0.1, 0.15) is 37.3 Å². The molecule has 2 rings (SSSR count). The largest absolute Gasteiger partial charge is 0.378 e. The van der Waals surface area contributed by atoms with Crippen LogP contribution in [0.25, 0.3) is 0 Å². The van der Waals surface area contributed by atoms with Gasteiger partial charge in [0.25, 0.3) is 0 Å². The second-order valence-corrected chi connectivity index (χ2v) is 4.73. The summed E-state index contributed by atoms with van der Waals surface area (Å²) in [5.74, 6) is 0. The van der Waals surface area contributed by atoms with Crippen LogP contribution in [0.2, 0.25) is 0 Å². The van der Waals surface area contributed by atoms with Crippen LogP contribution in [0.5, 0.6) is 0 Å². The van der Waals surface area contributed by atoms with Crippen molar-refractivity contribution in [2.75, 3.05) is 14.2 Å². The molecule has 1 aliphatic rings. The molecule has 0 radical (unpaired) electrons. The lowest BCUT2D eigenvalue weighted by atomic mass is 9.75. The smallest absolute Gasteiger partial charge is 0.0697 e. The molecule has 0 bridgehead atoms. The maximum Gasteiger partial charge on any atom is 0.0697 e. The molecule has 0 amide bonds. The number of aromatic nitrogens is 2. The van der Waals surface area contributed by atoms with Crippen molar-refractivity contribution in [1.29, 1.82) is 0 Å². The van der Waals surface area contributed by atoms with Crippen molar-refractivity contribution in [3.05, 3.63) is 18.0 Å². The van der Waals surface area contributed by atoms with E-state index >= 15 is 0 Å². The summed E-state index contributed by atoms with van der Waals surface area (Å²) in [6.45, 7) is 0. The maximum absolute atomic E-state index is 5.67. The molecule has 16 heavy (non-hydrogen) atoms. The SMILES string of the molecule is CNC(CC1(OC)CCC1)c1cnn(C)c1. The van der Waals surface area contributed by atoms with Gasteiger partial charge in [-0.15, -0.1) is 0 Å². The number of methoxy groups -OCH3 is 1. The van der Waals surface area contributed by atoms with Gasteiger partial charge in [-0.2, -0.15) is 5.10 Å². The van der Waals surface area contributed by atoms with E-state index in [1.807, 2.05) is 32.1 Å². The van der Waals surface area contributed by atoms with Crippen LogP contribution in [0.15, 0.2) is 12.4 Å². The highest BCUT2D eigenvalue weighted by Crippen LogP contribution is 2.41. The molecule has 0 aliphatic heterocycles. The summed E-state index contributed by atoms with van der Waals surface area (Å²) < 4.78 is 7.51. The Bertz CT molecular complexity index is 338. The molecule has 0 spiro atoms. The molecule has 1 heterocycles. The molecule has 1 N–H and O–H groups in total. The van der Waals surface area contributed by atoms with E-state index in [4.69, 9.17) is 4.74 Å². The Morgan fingerprint density at radius 1 is 1.62 bits per heavy atom. The van der Waals surface area contributed by atoms with Crippen LogP contribution in [-0.4, -0.2) is 29.5 Å². The van der Waals surface area contributed by atoms with E-state index in [-0.39, 0.29) is 5.60 Å². The highest BCUT2D eigenvalue weighted by molar-refractivity contribution is 5.12. The van der Waals surface area contributed by atoms with Crippen molar-refractivity contribution in [2.24, 2.45) is 7.05 Å². The number of nitrogens with zero attached hydrogens (tertiary/aromatic N) is 2. The van der Waals surface area contributed by atoms with E-state index in [1.54, 1.807) is 0 Å². The molecule has 1 aromatic heterocycles. The number of hydrogen-bond acceptors (Lipinski definition) is 3. The Morgan fingerprint density at radius 3 is 2.75 bits per heavy atom. The zero-order chi connectivity index (χ0) is 11.6. The zero-order valence-corrected chi connectivity index (χ0v) is 10.4.